The molecule has 0 aromatic heterocycles. The average molecular weight is 189 g/mol. The van der Waals surface area contributed by atoms with Gasteiger partial charge in [-0.3, -0.25) is 0 Å². The van der Waals surface area contributed by atoms with Gasteiger partial charge in [0.05, 0.1) is 0 Å². The molecule has 0 aliphatic rings. The van der Waals surface area contributed by atoms with Crippen molar-refractivity contribution in [2.45, 2.75) is 13.3 Å². The Labute approximate surface area is 87.0 Å². The summed E-state index contributed by atoms with van der Waals surface area (Å²) in [6.45, 7) is 5.76. The molecule has 0 saturated carbocycles. The Morgan fingerprint density at radius 3 is 2.50 bits per heavy atom. The summed E-state index contributed by atoms with van der Waals surface area (Å²) in [5, 5.41) is 0. The molecule has 1 nitrogen and oxygen atoms in total. The first-order valence-electron chi connectivity index (χ1n) is 4.74. The molecule has 0 spiro atoms. The molecular weight excluding hydrogens is 170 g/mol. The highest BCUT2D eigenvalue weighted by molar-refractivity contribution is 5.27. The van der Waals surface area contributed by atoms with Gasteiger partial charge in [-0.25, -0.2) is 0 Å². The maximum absolute atomic E-state index is 4.50. The van der Waals surface area contributed by atoms with Crippen molar-refractivity contribution in [1.82, 2.24) is 0 Å². The van der Waals surface area contributed by atoms with E-state index in [2.05, 4.69) is 49.6 Å². The molecule has 0 radical (unpaired) electrons. The highest BCUT2D eigenvalue weighted by Crippen LogP contribution is 2.07. The number of allylic oxidation sites excluding steroid dienone is 3. The van der Waals surface area contributed by atoms with E-state index in [1.165, 1.54) is 18.2 Å². The SMILES string of the molecule is C=C/C=C\Cc1ccccc1C.CN. The van der Waals surface area contributed by atoms with Gasteiger partial charge in [-0.1, -0.05) is 49.1 Å². The van der Waals surface area contributed by atoms with Gasteiger partial charge in [0.25, 0.3) is 0 Å². The van der Waals surface area contributed by atoms with Gasteiger partial charge in [0, 0.05) is 0 Å². The van der Waals surface area contributed by atoms with Crippen LogP contribution in [0.4, 0.5) is 0 Å². The molecule has 0 amide bonds. The number of hydrogen-bond acceptors (Lipinski definition) is 1. The minimum atomic E-state index is 0.999. The van der Waals surface area contributed by atoms with E-state index in [0.29, 0.717) is 0 Å². The van der Waals surface area contributed by atoms with Gasteiger partial charge in [0.1, 0.15) is 0 Å². The van der Waals surface area contributed by atoms with Crippen molar-refractivity contribution >= 4 is 0 Å². The second-order valence-corrected chi connectivity index (χ2v) is 2.79. The van der Waals surface area contributed by atoms with Crippen LogP contribution in [-0.2, 0) is 6.42 Å². The lowest BCUT2D eigenvalue weighted by atomic mass is 10.1. The monoisotopic (exact) mass is 189 g/mol. The normalized spacial score (nSPS) is 9.36. The maximum atomic E-state index is 4.50. The number of aryl methyl sites for hydroxylation is 1. The lowest BCUT2D eigenvalue weighted by Gasteiger charge is -1.99. The van der Waals surface area contributed by atoms with Crippen molar-refractivity contribution in [2.24, 2.45) is 5.73 Å². The zero-order valence-electron chi connectivity index (χ0n) is 9.03. The summed E-state index contributed by atoms with van der Waals surface area (Å²) in [6, 6.07) is 8.43. The van der Waals surface area contributed by atoms with Crippen LogP contribution in [-0.4, -0.2) is 7.05 Å². The second kappa shape index (κ2) is 8.27. The molecule has 1 aromatic carbocycles. The third kappa shape index (κ3) is 4.63. The first kappa shape index (κ1) is 12.7. The summed E-state index contributed by atoms with van der Waals surface area (Å²) in [5.74, 6) is 0. The largest absolute Gasteiger partial charge is 0.333 e. The standard InChI is InChI=1S/C12H14.CH5N/c1-3-4-5-9-12-10-7-6-8-11(12)2;1-2/h3-8,10H,1,9H2,2H3;2H2,1H3/b5-4-;. The molecule has 0 saturated heterocycles. The molecular formula is C13H19N. The zero-order chi connectivity index (χ0) is 10.8. The number of rotatable bonds is 3. The molecule has 1 heteroatoms. The number of nitrogens with two attached hydrogens (primary N) is 1. The summed E-state index contributed by atoms with van der Waals surface area (Å²) in [6.07, 6.45) is 6.90. The predicted octanol–water partition coefficient (Wildman–Crippen LogP) is 2.85. The third-order valence-electron chi connectivity index (χ3n) is 1.87. The fraction of sp³-hybridized carbons (Fsp3) is 0.231. The molecule has 0 atom stereocenters. The van der Waals surface area contributed by atoms with E-state index in [4.69, 9.17) is 0 Å². The molecule has 1 aromatic rings. The Bertz CT molecular complexity index is 287. The van der Waals surface area contributed by atoms with Gasteiger partial charge >= 0.3 is 0 Å². The minimum Gasteiger partial charge on any atom is -0.333 e. The summed E-state index contributed by atoms with van der Waals surface area (Å²) < 4.78 is 0. The van der Waals surface area contributed by atoms with Crippen LogP contribution in [0.3, 0.4) is 0 Å². The van der Waals surface area contributed by atoms with Gasteiger partial charge in [-0.2, -0.15) is 0 Å². The molecule has 2 N–H and O–H groups in total. The smallest absolute Gasteiger partial charge is 0.00917 e. The highest BCUT2D eigenvalue weighted by atomic mass is 14.4. The molecule has 0 aliphatic heterocycles. The zero-order valence-corrected chi connectivity index (χ0v) is 9.03. The summed E-state index contributed by atoms with van der Waals surface area (Å²) in [5.41, 5.74) is 7.24. The topological polar surface area (TPSA) is 26.0 Å². The van der Waals surface area contributed by atoms with E-state index in [9.17, 15) is 0 Å². The van der Waals surface area contributed by atoms with E-state index >= 15 is 0 Å². The van der Waals surface area contributed by atoms with E-state index in [1.807, 2.05) is 6.08 Å². The van der Waals surface area contributed by atoms with Crippen LogP contribution < -0.4 is 5.73 Å². The van der Waals surface area contributed by atoms with Crippen LogP contribution in [0.5, 0.6) is 0 Å². The van der Waals surface area contributed by atoms with Crippen molar-refractivity contribution in [3.8, 4) is 0 Å². The third-order valence-corrected chi connectivity index (χ3v) is 1.87. The lowest BCUT2D eigenvalue weighted by molar-refractivity contribution is 1.21. The van der Waals surface area contributed by atoms with Crippen LogP contribution in [0.1, 0.15) is 11.1 Å². The van der Waals surface area contributed by atoms with Gasteiger partial charge in [-0.15, -0.1) is 0 Å². The van der Waals surface area contributed by atoms with Gasteiger partial charge in [0.15, 0.2) is 0 Å². The van der Waals surface area contributed by atoms with Crippen molar-refractivity contribution in [3.63, 3.8) is 0 Å². The van der Waals surface area contributed by atoms with Crippen molar-refractivity contribution in [1.29, 1.82) is 0 Å². The Morgan fingerprint density at radius 1 is 1.29 bits per heavy atom. The Morgan fingerprint density at radius 2 is 1.93 bits per heavy atom. The van der Waals surface area contributed by atoms with Crippen molar-refractivity contribution in [3.05, 3.63) is 60.2 Å². The van der Waals surface area contributed by atoms with Crippen LogP contribution in [0.15, 0.2) is 49.1 Å². The van der Waals surface area contributed by atoms with Crippen LogP contribution in [0.25, 0.3) is 0 Å². The Balaban J connectivity index is 0.000000791. The molecule has 0 bridgehead atoms. The number of benzene rings is 1. The van der Waals surface area contributed by atoms with E-state index in [0.717, 1.165) is 6.42 Å². The van der Waals surface area contributed by atoms with Crippen molar-refractivity contribution in [2.75, 3.05) is 7.05 Å². The summed E-state index contributed by atoms with van der Waals surface area (Å²) in [7, 11) is 1.50. The van der Waals surface area contributed by atoms with E-state index in [-0.39, 0.29) is 0 Å². The van der Waals surface area contributed by atoms with E-state index in [1.54, 1.807) is 6.08 Å². The molecule has 0 heterocycles. The van der Waals surface area contributed by atoms with Crippen molar-refractivity contribution < 1.29 is 0 Å². The number of hydrogen-bond donors (Lipinski definition) is 1. The summed E-state index contributed by atoms with van der Waals surface area (Å²) >= 11 is 0. The molecule has 0 unspecified atom stereocenters. The quantitative estimate of drug-likeness (QED) is 0.727. The molecule has 0 aliphatic carbocycles. The first-order chi connectivity index (χ1) is 6.84. The second-order valence-electron chi connectivity index (χ2n) is 2.79. The molecule has 1 rings (SSSR count). The fourth-order valence-corrected chi connectivity index (χ4v) is 1.13. The summed E-state index contributed by atoms with van der Waals surface area (Å²) in [4.78, 5) is 0. The van der Waals surface area contributed by atoms with Crippen LogP contribution in [0.2, 0.25) is 0 Å². The lowest BCUT2D eigenvalue weighted by Crippen LogP contribution is -1.84. The minimum absolute atomic E-state index is 0.999. The first-order valence-corrected chi connectivity index (χ1v) is 4.74. The van der Waals surface area contributed by atoms with Crippen LogP contribution >= 0.6 is 0 Å². The molecule has 0 fully saturated rings. The van der Waals surface area contributed by atoms with Gasteiger partial charge in [0.2, 0.25) is 0 Å². The molecule has 14 heavy (non-hydrogen) atoms. The van der Waals surface area contributed by atoms with Gasteiger partial charge < -0.3 is 5.73 Å². The maximum Gasteiger partial charge on any atom is -0.00917 e. The van der Waals surface area contributed by atoms with Gasteiger partial charge in [-0.05, 0) is 31.5 Å². The van der Waals surface area contributed by atoms with E-state index < -0.39 is 0 Å². The van der Waals surface area contributed by atoms with Crippen LogP contribution in [0, 0.1) is 6.92 Å². The Kier molecular flexibility index (Phi) is 7.48. The fourth-order valence-electron chi connectivity index (χ4n) is 1.13. The Hall–Kier alpha value is -1.34. The highest BCUT2D eigenvalue weighted by Gasteiger charge is 1.91. The molecule has 76 valence electrons. The predicted molar refractivity (Wildman–Crippen MR) is 64.3 cm³/mol. The average Bonchev–Trinajstić information content (AvgIpc) is 2.24.